The molecule has 3 nitrogen and oxygen atoms in total. The highest BCUT2D eigenvalue weighted by Gasteiger charge is 2.22. The molecular formula is C29H23ClN2OS. The predicted octanol–water partition coefficient (Wildman–Crippen LogP) is 7.70. The average Bonchev–Trinajstić information content (AvgIpc) is 3.33. The first-order valence-electron chi connectivity index (χ1n) is 11.1. The molecule has 4 aromatic carbocycles. The summed E-state index contributed by atoms with van der Waals surface area (Å²) in [4.78, 5) is 20.2. The van der Waals surface area contributed by atoms with Gasteiger partial charge >= 0.3 is 0 Å². The highest BCUT2D eigenvalue weighted by Crippen LogP contribution is 2.36. The van der Waals surface area contributed by atoms with Crippen LogP contribution in [0, 0.1) is 6.92 Å². The van der Waals surface area contributed by atoms with Gasteiger partial charge in [-0.3, -0.25) is 9.69 Å². The van der Waals surface area contributed by atoms with Crippen LogP contribution < -0.4 is 4.90 Å². The third-order valence-corrected chi connectivity index (χ3v) is 7.36. The highest BCUT2D eigenvalue weighted by molar-refractivity contribution is 7.23. The van der Waals surface area contributed by atoms with Crippen molar-refractivity contribution in [2.75, 3.05) is 4.90 Å². The molecule has 34 heavy (non-hydrogen) atoms. The van der Waals surface area contributed by atoms with Crippen LogP contribution in [0.15, 0.2) is 97.1 Å². The number of benzene rings is 4. The van der Waals surface area contributed by atoms with Gasteiger partial charge in [0.1, 0.15) is 0 Å². The lowest BCUT2D eigenvalue weighted by Crippen LogP contribution is -2.31. The number of halogens is 1. The molecule has 1 heterocycles. The monoisotopic (exact) mass is 482 g/mol. The van der Waals surface area contributed by atoms with Crippen molar-refractivity contribution in [1.82, 2.24) is 4.98 Å². The normalized spacial score (nSPS) is 11.0. The Hall–Kier alpha value is -3.47. The summed E-state index contributed by atoms with van der Waals surface area (Å²) in [7, 11) is 0. The first-order chi connectivity index (χ1) is 16.6. The first-order valence-corrected chi connectivity index (χ1v) is 12.3. The lowest BCUT2D eigenvalue weighted by Gasteiger charge is -2.20. The summed E-state index contributed by atoms with van der Waals surface area (Å²) in [6.45, 7) is 2.47. The van der Waals surface area contributed by atoms with Crippen molar-refractivity contribution in [3.05, 3.63) is 119 Å². The maximum atomic E-state index is 13.6. The fourth-order valence-corrected chi connectivity index (χ4v) is 5.28. The lowest BCUT2D eigenvalue weighted by molar-refractivity contribution is -0.118. The molecule has 0 bridgehead atoms. The number of hydrogen-bond donors (Lipinski definition) is 0. The second-order valence-electron chi connectivity index (χ2n) is 8.24. The number of nitrogens with zero attached hydrogens (tertiary/aromatic N) is 2. The van der Waals surface area contributed by atoms with Gasteiger partial charge in [-0.05, 0) is 40.8 Å². The Bertz CT molecular complexity index is 1390. The summed E-state index contributed by atoms with van der Waals surface area (Å²) in [5.41, 5.74) is 6.22. The number of anilines is 1. The number of hydrogen-bond acceptors (Lipinski definition) is 3. The van der Waals surface area contributed by atoms with Gasteiger partial charge in [-0.1, -0.05) is 114 Å². The van der Waals surface area contributed by atoms with E-state index in [4.69, 9.17) is 16.6 Å². The molecule has 0 saturated heterocycles. The molecule has 5 heteroatoms. The number of amides is 1. The molecule has 1 amide bonds. The topological polar surface area (TPSA) is 33.2 Å². The van der Waals surface area contributed by atoms with E-state index >= 15 is 0 Å². The standard InChI is InChI=1S/C29H23ClN2OS/c1-20-12-17-25(30)28-27(20)31-29(34-28)32(19-22-8-4-2-5-9-22)26(33)18-21-13-15-24(16-14-21)23-10-6-3-7-11-23/h2-17H,18-19H2,1H3. The minimum Gasteiger partial charge on any atom is -0.283 e. The first kappa shape index (κ1) is 22.3. The molecule has 0 N–H and O–H groups in total. The van der Waals surface area contributed by atoms with E-state index in [0.29, 0.717) is 23.1 Å². The zero-order valence-corrected chi connectivity index (χ0v) is 20.3. The van der Waals surface area contributed by atoms with E-state index in [-0.39, 0.29) is 5.91 Å². The van der Waals surface area contributed by atoms with Crippen LogP contribution in [0.5, 0.6) is 0 Å². The fraction of sp³-hybridized carbons (Fsp3) is 0.103. The Morgan fingerprint density at radius 2 is 1.47 bits per heavy atom. The molecule has 5 rings (SSSR count). The van der Waals surface area contributed by atoms with Gasteiger partial charge in [0.2, 0.25) is 5.91 Å². The summed E-state index contributed by atoms with van der Waals surface area (Å²) < 4.78 is 0.912. The SMILES string of the molecule is Cc1ccc(Cl)c2sc(N(Cc3ccccc3)C(=O)Cc3ccc(-c4ccccc4)cc3)nc12. The van der Waals surface area contributed by atoms with Crippen molar-refractivity contribution in [2.45, 2.75) is 19.9 Å². The van der Waals surface area contributed by atoms with Gasteiger partial charge in [-0.2, -0.15) is 0 Å². The van der Waals surface area contributed by atoms with Crippen molar-refractivity contribution in [1.29, 1.82) is 0 Å². The van der Waals surface area contributed by atoms with Gasteiger partial charge in [0, 0.05) is 0 Å². The molecule has 0 radical (unpaired) electrons. The number of carbonyl (C=O) groups is 1. The van der Waals surface area contributed by atoms with Crippen molar-refractivity contribution < 1.29 is 4.79 Å². The summed E-state index contributed by atoms with van der Waals surface area (Å²) in [6, 6.07) is 32.3. The molecule has 1 aromatic heterocycles. The van der Waals surface area contributed by atoms with Crippen LogP contribution in [0.3, 0.4) is 0 Å². The molecule has 0 spiro atoms. The Labute approximate surface area is 208 Å². The second-order valence-corrected chi connectivity index (χ2v) is 9.63. The number of thiazole rings is 1. The molecule has 168 valence electrons. The van der Waals surface area contributed by atoms with Crippen LogP contribution >= 0.6 is 22.9 Å². The maximum absolute atomic E-state index is 13.6. The molecule has 0 unspecified atom stereocenters. The minimum atomic E-state index is 0.00384. The number of aromatic nitrogens is 1. The zero-order valence-electron chi connectivity index (χ0n) is 18.7. The van der Waals surface area contributed by atoms with Gasteiger partial charge in [0.05, 0.1) is 28.2 Å². The summed E-state index contributed by atoms with van der Waals surface area (Å²) in [5.74, 6) is 0.00384. The number of aryl methyl sites for hydroxylation is 1. The van der Waals surface area contributed by atoms with Gasteiger partial charge in [0.25, 0.3) is 0 Å². The predicted molar refractivity (Wildman–Crippen MR) is 143 cm³/mol. The molecule has 0 atom stereocenters. The van der Waals surface area contributed by atoms with E-state index in [1.54, 1.807) is 4.90 Å². The molecule has 0 aliphatic carbocycles. The van der Waals surface area contributed by atoms with Crippen LogP contribution in [0.1, 0.15) is 16.7 Å². The molecule has 0 aliphatic heterocycles. The smallest absolute Gasteiger partial charge is 0.233 e. The van der Waals surface area contributed by atoms with Crippen LogP contribution in [0.2, 0.25) is 5.02 Å². The van der Waals surface area contributed by atoms with E-state index in [1.807, 2.05) is 79.7 Å². The Morgan fingerprint density at radius 1 is 0.824 bits per heavy atom. The zero-order chi connectivity index (χ0) is 23.5. The maximum Gasteiger partial charge on any atom is 0.233 e. The third-order valence-electron chi connectivity index (χ3n) is 5.82. The average molecular weight is 483 g/mol. The van der Waals surface area contributed by atoms with Gasteiger partial charge in [-0.25, -0.2) is 4.98 Å². The van der Waals surface area contributed by atoms with Gasteiger partial charge in [-0.15, -0.1) is 0 Å². The quantitative estimate of drug-likeness (QED) is 0.248. The fourth-order valence-electron chi connectivity index (χ4n) is 3.95. The summed E-state index contributed by atoms with van der Waals surface area (Å²) in [6.07, 6.45) is 0.296. The van der Waals surface area contributed by atoms with Crippen molar-refractivity contribution in [3.63, 3.8) is 0 Å². The van der Waals surface area contributed by atoms with Crippen molar-refractivity contribution >= 4 is 44.2 Å². The van der Waals surface area contributed by atoms with E-state index in [1.165, 1.54) is 11.3 Å². The van der Waals surface area contributed by atoms with E-state index < -0.39 is 0 Å². The molecule has 0 saturated carbocycles. The van der Waals surface area contributed by atoms with Crippen LogP contribution in [0.25, 0.3) is 21.3 Å². The van der Waals surface area contributed by atoms with Crippen LogP contribution in [0.4, 0.5) is 5.13 Å². The Balaban J connectivity index is 1.45. The minimum absolute atomic E-state index is 0.00384. The van der Waals surface area contributed by atoms with Crippen molar-refractivity contribution in [3.8, 4) is 11.1 Å². The molecule has 5 aromatic rings. The molecule has 0 aliphatic rings. The summed E-state index contributed by atoms with van der Waals surface area (Å²) in [5, 5.41) is 1.33. The van der Waals surface area contributed by atoms with Gasteiger partial charge < -0.3 is 0 Å². The van der Waals surface area contributed by atoms with Crippen LogP contribution in [-0.2, 0) is 17.8 Å². The summed E-state index contributed by atoms with van der Waals surface area (Å²) >= 11 is 7.91. The Kier molecular flexibility index (Phi) is 6.43. The largest absolute Gasteiger partial charge is 0.283 e. The van der Waals surface area contributed by atoms with E-state index in [9.17, 15) is 4.79 Å². The highest BCUT2D eigenvalue weighted by atomic mass is 35.5. The van der Waals surface area contributed by atoms with Crippen molar-refractivity contribution in [2.24, 2.45) is 0 Å². The number of rotatable bonds is 6. The van der Waals surface area contributed by atoms with Crippen LogP contribution in [-0.4, -0.2) is 10.9 Å². The molecular weight excluding hydrogens is 460 g/mol. The Morgan fingerprint density at radius 3 is 2.15 bits per heavy atom. The third kappa shape index (κ3) is 4.74. The van der Waals surface area contributed by atoms with E-state index in [2.05, 4.69) is 24.3 Å². The molecule has 0 fully saturated rings. The van der Waals surface area contributed by atoms with E-state index in [0.717, 1.165) is 38.0 Å². The lowest BCUT2D eigenvalue weighted by atomic mass is 10.0. The number of carbonyl (C=O) groups excluding carboxylic acids is 1. The number of fused-ring (bicyclic) bond motifs is 1. The second kappa shape index (κ2) is 9.80. The van der Waals surface area contributed by atoms with Gasteiger partial charge in [0.15, 0.2) is 5.13 Å².